The third kappa shape index (κ3) is 3.86. The first kappa shape index (κ1) is 15.6. The van der Waals surface area contributed by atoms with Gasteiger partial charge >= 0.3 is 0 Å². The molecule has 0 spiro atoms. The summed E-state index contributed by atoms with van der Waals surface area (Å²) in [7, 11) is 3.72. The minimum Gasteiger partial charge on any atom is -0.354 e. The number of nitrogens with one attached hydrogen (secondary N) is 2. The molecule has 1 aromatic carbocycles. The predicted molar refractivity (Wildman–Crippen MR) is 88.1 cm³/mol. The van der Waals surface area contributed by atoms with Gasteiger partial charge in [0, 0.05) is 20.6 Å². The molecule has 112 valence electrons. The van der Waals surface area contributed by atoms with Crippen LogP contribution in [0.5, 0.6) is 0 Å². The van der Waals surface area contributed by atoms with Crippen molar-refractivity contribution >= 4 is 46.7 Å². The molecular weight excluding hydrogens is 311 g/mol. The summed E-state index contributed by atoms with van der Waals surface area (Å²) >= 11 is 12.3. The average Bonchev–Trinajstić information content (AvgIpc) is 2.43. The first-order valence-electron chi connectivity index (χ1n) is 6.39. The highest BCUT2D eigenvalue weighted by atomic mass is 35.5. The van der Waals surface area contributed by atoms with Gasteiger partial charge in [0.25, 0.3) is 0 Å². The summed E-state index contributed by atoms with van der Waals surface area (Å²) in [5, 5.41) is 7.10. The van der Waals surface area contributed by atoms with Gasteiger partial charge in [0.2, 0.25) is 17.8 Å². The summed E-state index contributed by atoms with van der Waals surface area (Å²) < 4.78 is 0. The third-order valence-electron chi connectivity index (χ3n) is 2.56. The molecule has 1 aromatic heterocycles. The molecule has 0 bridgehead atoms. The Morgan fingerprint density at radius 3 is 2.24 bits per heavy atom. The molecule has 0 aliphatic heterocycles. The normalized spacial score (nSPS) is 10.3. The molecule has 0 saturated heterocycles. The van der Waals surface area contributed by atoms with Crippen LogP contribution in [-0.2, 0) is 0 Å². The minimum absolute atomic E-state index is 0.375. The topological polar surface area (TPSA) is 66.0 Å². The fraction of sp³-hybridized carbons (Fsp3) is 0.308. The molecule has 2 rings (SSSR count). The minimum atomic E-state index is 0.375. The van der Waals surface area contributed by atoms with Crippen molar-refractivity contribution < 1.29 is 0 Å². The van der Waals surface area contributed by atoms with Crippen molar-refractivity contribution in [3.05, 3.63) is 28.2 Å². The zero-order valence-corrected chi connectivity index (χ0v) is 13.5. The lowest BCUT2D eigenvalue weighted by molar-refractivity contribution is 0.953. The van der Waals surface area contributed by atoms with Gasteiger partial charge in [0.05, 0.1) is 15.7 Å². The largest absolute Gasteiger partial charge is 0.354 e. The predicted octanol–water partition coefficient (Wildman–Crippen LogP) is 3.42. The summed E-state index contributed by atoms with van der Waals surface area (Å²) in [6.07, 6.45) is 0. The van der Waals surface area contributed by atoms with Crippen LogP contribution in [0.2, 0.25) is 10.0 Å². The van der Waals surface area contributed by atoms with Gasteiger partial charge in [-0.2, -0.15) is 15.0 Å². The number of halogens is 2. The second kappa shape index (κ2) is 6.78. The highest BCUT2D eigenvalue weighted by molar-refractivity contribution is 6.39. The van der Waals surface area contributed by atoms with Gasteiger partial charge in [-0.25, -0.2) is 0 Å². The Hall–Kier alpha value is -1.79. The Morgan fingerprint density at radius 1 is 1.05 bits per heavy atom. The number of hydrogen-bond acceptors (Lipinski definition) is 6. The van der Waals surface area contributed by atoms with E-state index in [0.717, 1.165) is 0 Å². The van der Waals surface area contributed by atoms with Gasteiger partial charge in [-0.15, -0.1) is 0 Å². The van der Waals surface area contributed by atoms with E-state index in [9.17, 15) is 0 Å². The molecule has 0 aliphatic carbocycles. The third-order valence-corrected chi connectivity index (χ3v) is 3.19. The van der Waals surface area contributed by atoms with Crippen LogP contribution in [0.1, 0.15) is 6.92 Å². The van der Waals surface area contributed by atoms with Crippen molar-refractivity contribution in [2.45, 2.75) is 6.92 Å². The van der Waals surface area contributed by atoms with Crippen LogP contribution < -0.4 is 15.5 Å². The molecule has 0 aliphatic rings. The fourth-order valence-corrected chi connectivity index (χ4v) is 2.08. The van der Waals surface area contributed by atoms with Crippen molar-refractivity contribution in [3.63, 3.8) is 0 Å². The molecule has 0 amide bonds. The van der Waals surface area contributed by atoms with Crippen LogP contribution in [0.4, 0.5) is 23.5 Å². The zero-order chi connectivity index (χ0) is 15.4. The lowest BCUT2D eigenvalue weighted by Gasteiger charge is -2.14. The molecule has 0 radical (unpaired) electrons. The summed E-state index contributed by atoms with van der Waals surface area (Å²) in [5.74, 6) is 1.40. The SMILES string of the molecule is CCNc1nc(Nc2c(Cl)cccc2Cl)nc(N(C)C)n1. The van der Waals surface area contributed by atoms with E-state index in [1.165, 1.54) is 0 Å². The van der Waals surface area contributed by atoms with Gasteiger partial charge in [-0.05, 0) is 19.1 Å². The first-order chi connectivity index (χ1) is 10.0. The Bertz CT molecular complexity index is 612. The Morgan fingerprint density at radius 2 is 1.67 bits per heavy atom. The average molecular weight is 327 g/mol. The van der Waals surface area contributed by atoms with Crippen LogP contribution in [0.25, 0.3) is 0 Å². The lowest BCUT2D eigenvalue weighted by atomic mass is 10.3. The van der Waals surface area contributed by atoms with Crippen molar-refractivity contribution in [1.82, 2.24) is 15.0 Å². The van der Waals surface area contributed by atoms with E-state index >= 15 is 0 Å². The molecular formula is C13H16Cl2N6. The van der Waals surface area contributed by atoms with Gasteiger partial charge < -0.3 is 15.5 Å². The van der Waals surface area contributed by atoms with Crippen molar-refractivity contribution in [1.29, 1.82) is 0 Å². The fourth-order valence-electron chi connectivity index (χ4n) is 1.59. The number of anilines is 4. The Balaban J connectivity index is 2.39. The number of aromatic nitrogens is 3. The molecule has 6 nitrogen and oxygen atoms in total. The van der Waals surface area contributed by atoms with Gasteiger partial charge in [-0.1, -0.05) is 29.3 Å². The smallest absolute Gasteiger partial charge is 0.233 e. The van der Waals surface area contributed by atoms with Crippen molar-refractivity contribution in [2.75, 3.05) is 36.2 Å². The second-order valence-electron chi connectivity index (χ2n) is 4.43. The van der Waals surface area contributed by atoms with E-state index in [0.29, 0.717) is 40.1 Å². The van der Waals surface area contributed by atoms with Crippen LogP contribution >= 0.6 is 23.2 Å². The summed E-state index contributed by atoms with van der Waals surface area (Å²) in [6.45, 7) is 2.68. The van der Waals surface area contributed by atoms with Crippen LogP contribution in [-0.4, -0.2) is 35.6 Å². The summed E-state index contributed by atoms with van der Waals surface area (Å²) in [6, 6.07) is 5.27. The summed E-state index contributed by atoms with van der Waals surface area (Å²) in [4.78, 5) is 14.7. The maximum Gasteiger partial charge on any atom is 0.233 e. The summed E-state index contributed by atoms with van der Waals surface area (Å²) in [5.41, 5.74) is 0.569. The molecule has 0 fully saturated rings. The molecule has 2 N–H and O–H groups in total. The molecule has 0 atom stereocenters. The Labute approximate surface area is 133 Å². The van der Waals surface area contributed by atoms with Crippen LogP contribution in [0.15, 0.2) is 18.2 Å². The maximum absolute atomic E-state index is 6.14. The van der Waals surface area contributed by atoms with E-state index in [1.807, 2.05) is 21.0 Å². The molecule has 0 saturated carbocycles. The van der Waals surface area contributed by atoms with Gasteiger partial charge in [-0.3, -0.25) is 0 Å². The number of para-hydroxylation sites is 1. The molecule has 2 aromatic rings. The molecule has 1 heterocycles. The highest BCUT2D eigenvalue weighted by Crippen LogP contribution is 2.31. The van der Waals surface area contributed by atoms with Gasteiger partial charge in [0.1, 0.15) is 0 Å². The maximum atomic E-state index is 6.14. The number of hydrogen-bond donors (Lipinski definition) is 2. The standard InChI is InChI=1S/C13H16Cl2N6/c1-4-16-11-18-12(20-13(19-11)21(2)3)17-10-8(14)6-5-7-9(10)15/h5-7H,4H2,1-3H3,(H2,16,17,18,19,20). The first-order valence-corrected chi connectivity index (χ1v) is 7.15. The molecule has 21 heavy (non-hydrogen) atoms. The number of rotatable bonds is 5. The second-order valence-corrected chi connectivity index (χ2v) is 5.24. The molecule has 0 unspecified atom stereocenters. The van der Waals surface area contributed by atoms with Gasteiger partial charge in [0.15, 0.2) is 0 Å². The quantitative estimate of drug-likeness (QED) is 0.877. The lowest BCUT2D eigenvalue weighted by Crippen LogP contribution is -2.16. The van der Waals surface area contributed by atoms with E-state index in [-0.39, 0.29) is 0 Å². The Kier molecular flexibility index (Phi) is 5.03. The van der Waals surface area contributed by atoms with E-state index < -0.39 is 0 Å². The van der Waals surface area contributed by atoms with E-state index in [1.54, 1.807) is 23.1 Å². The van der Waals surface area contributed by atoms with E-state index in [4.69, 9.17) is 23.2 Å². The highest BCUT2D eigenvalue weighted by Gasteiger charge is 2.11. The van der Waals surface area contributed by atoms with Crippen molar-refractivity contribution in [3.8, 4) is 0 Å². The molecule has 8 heteroatoms. The number of nitrogens with zero attached hydrogens (tertiary/aromatic N) is 4. The van der Waals surface area contributed by atoms with Crippen molar-refractivity contribution in [2.24, 2.45) is 0 Å². The van der Waals surface area contributed by atoms with E-state index in [2.05, 4.69) is 25.6 Å². The van der Waals surface area contributed by atoms with Crippen LogP contribution in [0, 0.1) is 0 Å². The van der Waals surface area contributed by atoms with Crippen LogP contribution in [0.3, 0.4) is 0 Å². The monoisotopic (exact) mass is 326 g/mol. The number of benzene rings is 1. The zero-order valence-electron chi connectivity index (χ0n) is 12.0.